The summed E-state index contributed by atoms with van der Waals surface area (Å²) in [4.78, 5) is 43.2. The number of furan rings is 1. The van der Waals surface area contributed by atoms with Gasteiger partial charge in [0.25, 0.3) is 5.91 Å². The van der Waals surface area contributed by atoms with E-state index >= 15 is 0 Å². The fourth-order valence-electron chi connectivity index (χ4n) is 3.18. The SMILES string of the molecule is O=C(CCC1NC(=O)N(Cc2ccco2)C1=O)Nc1nc2c(s1)CCC2. The number of thiazole rings is 1. The van der Waals surface area contributed by atoms with Crippen molar-refractivity contribution in [2.24, 2.45) is 0 Å². The summed E-state index contributed by atoms with van der Waals surface area (Å²) in [5.74, 6) is -0.0138. The van der Waals surface area contributed by atoms with Gasteiger partial charge in [0, 0.05) is 11.3 Å². The molecule has 1 saturated heterocycles. The fourth-order valence-corrected chi connectivity index (χ4v) is 4.25. The molecule has 4 amide bonds. The number of imide groups is 1. The minimum absolute atomic E-state index is 0.0883. The summed E-state index contributed by atoms with van der Waals surface area (Å²) in [6.07, 6.45) is 4.99. The maximum absolute atomic E-state index is 12.4. The van der Waals surface area contributed by atoms with Gasteiger partial charge in [0.15, 0.2) is 5.13 Å². The van der Waals surface area contributed by atoms with E-state index in [-0.39, 0.29) is 31.2 Å². The number of fused-ring (bicyclic) bond motifs is 1. The highest BCUT2D eigenvalue weighted by atomic mass is 32.1. The largest absolute Gasteiger partial charge is 0.467 e. The van der Waals surface area contributed by atoms with Gasteiger partial charge in [-0.2, -0.15) is 0 Å². The van der Waals surface area contributed by atoms with Crippen molar-refractivity contribution in [1.29, 1.82) is 0 Å². The Bertz CT molecular complexity index is 824. The van der Waals surface area contributed by atoms with Gasteiger partial charge in [0.1, 0.15) is 11.8 Å². The van der Waals surface area contributed by atoms with Crippen LogP contribution in [-0.2, 0) is 29.0 Å². The van der Waals surface area contributed by atoms with Gasteiger partial charge < -0.3 is 15.1 Å². The molecule has 1 aliphatic carbocycles. The summed E-state index contributed by atoms with van der Waals surface area (Å²) >= 11 is 1.51. The number of aryl methyl sites for hydroxylation is 2. The highest BCUT2D eigenvalue weighted by Gasteiger charge is 2.38. The Hall–Kier alpha value is -2.68. The first kappa shape index (κ1) is 16.8. The van der Waals surface area contributed by atoms with Crippen molar-refractivity contribution in [3.05, 3.63) is 34.7 Å². The average molecular weight is 374 g/mol. The minimum atomic E-state index is -0.690. The van der Waals surface area contributed by atoms with Crippen molar-refractivity contribution >= 4 is 34.3 Å². The molecular formula is C17H18N4O4S. The number of carbonyl (C=O) groups is 3. The number of aromatic nitrogens is 1. The first-order valence-electron chi connectivity index (χ1n) is 8.53. The Morgan fingerprint density at radius 3 is 3.08 bits per heavy atom. The quantitative estimate of drug-likeness (QED) is 0.753. The lowest BCUT2D eigenvalue weighted by atomic mass is 10.1. The number of carbonyl (C=O) groups excluding carboxylic acids is 3. The van der Waals surface area contributed by atoms with Gasteiger partial charge in [-0.15, -0.1) is 11.3 Å². The van der Waals surface area contributed by atoms with E-state index in [0.717, 1.165) is 29.9 Å². The average Bonchev–Trinajstić information content (AvgIpc) is 3.35. The number of hydrogen-bond acceptors (Lipinski definition) is 6. The lowest BCUT2D eigenvalue weighted by Gasteiger charge is -2.11. The summed E-state index contributed by atoms with van der Waals surface area (Å²) in [6.45, 7) is 0.0883. The van der Waals surface area contributed by atoms with Crippen molar-refractivity contribution in [3.8, 4) is 0 Å². The van der Waals surface area contributed by atoms with Crippen LogP contribution in [0.25, 0.3) is 0 Å². The Morgan fingerprint density at radius 1 is 1.42 bits per heavy atom. The van der Waals surface area contributed by atoms with Crippen molar-refractivity contribution in [3.63, 3.8) is 0 Å². The first-order valence-corrected chi connectivity index (χ1v) is 9.34. The summed E-state index contributed by atoms with van der Waals surface area (Å²) in [7, 11) is 0. The number of rotatable bonds is 6. The fraction of sp³-hybridized carbons (Fsp3) is 0.412. The molecule has 1 atom stereocenters. The van der Waals surface area contributed by atoms with Crippen LogP contribution in [0, 0.1) is 0 Å². The van der Waals surface area contributed by atoms with Crippen molar-refractivity contribution in [1.82, 2.24) is 15.2 Å². The number of anilines is 1. The summed E-state index contributed by atoms with van der Waals surface area (Å²) in [6, 6.07) is 2.24. The van der Waals surface area contributed by atoms with Crippen molar-refractivity contribution in [2.75, 3.05) is 5.32 Å². The monoisotopic (exact) mass is 374 g/mol. The Balaban J connectivity index is 1.29. The molecule has 2 aliphatic rings. The predicted molar refractivity (Wildman–Crippen MR) is 93.6 cm³/mol. The molecule has 1 fully saturated rings. The van der Waals surface area contributed by atoms with Crippen LogP contribution in [0.2, 0.25) is 0 Å². The van der Waals surface area contributed by atoms with Crippen LogP contribution >= 0.6 is 11.3 Å². The molecule has 4 rings (SSSR count). The van der Waals surface area contributed by atoms with Gasteiger partial charge in [-0.05, 0) is 37.8 Å². The summed E-state index contributed by atoms with van der Waals surface area (Å²) in [5, 5.41) is 6.02. The minimum Gasteiger partial charge on any atom is -0.467 e. The highest BCUT2D eigenvalue weighted by Crippen LogP contribution is 2.30. The lowest BCUT2D eigenvalue weighted by Crippen LogP contribution is -2.31. The molecule has 2 aromatic rings. The lowest BCUT2D eigenvalue weighted by molar-refractivity contribution is -0.128. The number of nitrogens with one attached hydrogen (secondary N) is 2. The molecule has 2 aromatic heterocycles. The highest BCUT2D eigenvalue weighted by molar-refractivity contribution is 7.15. The molecular weight excluding hydrogens is 356 g/mol. The van der Waals surface area contributed by atoms with Gasteiger partial charge >= 0.3 is 6.03 Å². The predicted octanol–water partition coefficient (Wildman–Crippen LogP) is 2.06. The molecule has 8 nitrogen and oxygen atoms in total. The Morgan fingerprint density at radius 2 is 2.31 bits per heavy atom. The van der Waals surface area contributed by atoms with Crippen LogP contribution in [0.5, 0.6) is 0 Å². The van der Waals surface area contributed by atoms with E-state index in [9.17, 15) is 14.4 Å². The van der Waals surface area contributed by atoms with E-state index in [1.54, 1.807) is 12.1 Å². The van der Waals surface area contributed by atoms with Crippen molar-refractivity contribution in [2.45, 2.75) is 44.7 Å². The molecule has 1 aliphatic heterocycles. The third-order valence-corrected chi connectivity index (χ3v) is 5.58. The standard InChI is InChI=1S/C17H18N4O4S/c22-14(20-16-18-11-4-1-5-13(11)26-16)7-6-12-15(23)21(17(24)19-12)9-10-3-2-8-25-10/h2-3,8,12H,1,4-7,9H2,(H,19,24)(H,18,20,22). The zero-order valence-corrected chi connectivity index (χ0v) is 14.8. The molecule has 136 valence electrons. The third-order valence-electron chi connectivity index (χ3n) is 4.50. The molecule has 26 heavy (non-hydrogen) atoms. The van der Waals surface area contributed by atoms with E-state index in [1.165, 1.54) is 22.5 Å². The number of nitrogens with zero attached hydrogens (tertiary/aromatic N) is 2. The second-order valence-electron chi connectivity index (χ2n) is 6.34. The van der Waals surface area contributed by atoms with E-state index in [4.69, 9.17) is 4.42 Å². The van der Waals surface area contributed by atoms with Gasteiger partial charge in [-0.1, -0.05) is 0 Å². The first-order chi connectivity index (χ1) is 12.6. The van der Waals surface area contributed by atoms with Crippen LogP contribution in [-0.4, -0.2) is 33.8 Å². The normalized spacial score (nSPS) is 18.9. The van der Waals surface area contributed by atoms with E-state index in [2.05, 4.69) is 15.6 Å². The van der Waals surface area contributed by atoms with Crippen LogP contribution in [0.4, 0.5) is 9.93 Å². The Labute approximate surface area is 153 Å². The molecule has 0 aromatic carbocycles. The van der Waals surface area contributed by atoms with Gasteiger partial charge in [0.2, 0.25) is 5.91 Å². The molecule has 2 N–H and O–H groups in total. The third kappa shape index (κ3) is 3.34. The Kier molecular flexibility index (Phi) is 4.46. The van der Waals surface area contributed by atoms with E-state index in [0.29, 0.717) is 10.9 Å². The topological polar surface area (TPSA) is 105 Å². The second-order valence-corrected chi connectivity index (χ2v) is 7.42. The molecule has 1 unspecified atom stereocenters. The van der Waals surface area contributed by atoms with Gasteiger partial charge in [0.05, 0.1) is 18.5 Å². The van der Waals surface area contributed by atoms with E-state index < -0.39 is 12.1 Å². The van der Waals surface area contributed by atoms with Gasteiger partial charge in [-0.3, -0.25) is 14.5 Å². The van der Waals surface area contributed by atoms with Crippen molar-refractivity contribution < 1.29 is 18.8 Å². The molecule has 0 spiro atoms. The summed E-state index contributed by atoms with van der Waals surface area (Å²) in [5.41, 5.74) is 1.08. The maximum atomic E-state index is 12.4. The smallest absolute Gasteiger partial charge is 0.325 e. The maximum Gasteiger partial charge on any atom is 0.325 e. The number of amides is 4. The summed E-state index contributed by atoms with van der Waals surface area (Å²) < 4.78 is 5.17. The zero-order valence-electron chi connectivity index (χ0n) is 14.0. The molecule has 9 heteroatoms. The zero-order chi connectivity index (χ0) is 18.1. The molecule has 0 bridgehead atoms. The van der Waals surface area contributed by atoms with Gasteiger partial charge in [-0.25, -0.2) is 9.78 Å². The number of urea groups is 1. The molecule has 0 saturated carbocycles. The van der Waals surface area contributed by atoms with Crippen LogP contribution in [0.3, 0.4) is 0 Å². The van der Waals surface area contributed by atoms with Crippen LogP contribution in [0.1, 0.15) is 35.6 Å². The molecule has 3 heterocycles. The number of hydrogen-bond donors (Lipinski definition) is 2. The molecule has 0 radical (unpaired) electrons. The van der Waals surface area contributed by atoms with Crippen LogP contribution < -0.4 is 10.6 Å². The van der Waals surface area contributed by atoms with E-state index in [1.807, 2.05) is 0 Å². The second kappa shape index (κ2) is 6.91. The van der Waals surface area contributed by atoms with Crippen LogP contribution in [0.15, 0.2) is 22.8 Å².